The van der Waals surface area contributed by atoms with Crippen LogP contribution in [0.2, 0.25) is 0 Å². The van der Waals surface area contributed by atoms with Crippen LogP contribution in [-0.4, -0.2) is 6.04 Å². The number of rotatable bonds is 2. The van der Waals surface area contributed by atoms with Gasteiger partial charge in [-0.3, -0.25) is 0 Å². The Balaban J connectivity index is 1.82. The summed E-state index contributed by atoms with van der Waals surface area (Å²) in [5.41, 5.74) is 6.46. The lowest BCUT2D eigenvalue weighted by Gasteiger charge is -2.33. The monoisotopic (exact) mass is 209 g/mol. The van der Waals surface area contributed by atoms with Crippen molar-refractivity contribution < 1.29 is 0 Å². The van der Waals surface area contributed by atoms with Gasteiger partial charge in [-0.2, -0.15) is 0 Å². The molecular weight excluding hydrogens is 182 g/mol. The molecule has 2 aliphatic carbocycles. The van der Waals surface area contributed by atoms with Crippen LogP contribution in [0.3, 0.4) is 0 Å². The standard InChI is InChI=1S/C14H27N/c1-10-3-6-12(7-4-10)14(15)13-8-5-11(2)9-13/h10-14H,3-9,15H2,1-2H3. The van der Waals surface area contributed by atoms with Gasteiger partial charge < -0.3 is 5.73 Å². The van der Waals surface area contributed by atoms with Crippen molar-refractivity contribution in [3.05, 3.63) is 0 Å². The maximum absolute atomic E-state index is 6.46. The van der Waals surface area contributed by atoms with Crippen LogP contribution in [0.15, 0.2) is 0 Å². The maximum atomic E-state index is 6.46. The Labute approximate surface area is 94.8 Å². The second kappa shape index (κ2) is 4.86. The van der Waals surface area contributed by atoms with Gasteiger partial charge in [-0.25, -0.2) is 0 Å². The Morgan fingerprint density at radius 1 is 0.800 bits per heavy atom. The minimum absolute atomic E-state index is 0.516. The van der Waals surface area contributed by atoms with Gasteiger partial charge in [0.05, 0.1) is 0 Å². The van der Waals surface area contributed by atoms with E-state index in [4.69, 9.17) is 5.73 Å². The summed E-state index contributed by atoms with van der Waals surface area (Å²) in [5.74, 6) is 3.58. The zero-order valence-corrected chi connectivity index (χ0v) is 10.4. The van der Waals surface area contributed by atoms with E-state index in [2.05, 4.69) is 13.8 Å². The summed E-state index contributed by atoms with van der Waals surface area (Å²) in [6.07, 6.45) is 9.84. The van der Waals surface area contributed by atoms with Crippen LogP contribution in [0.4, 0.5) is 0 Å². The first-order chi connectivity index (χ1) is 7.16. The van der Waals surface area contributed by atoms with Crippen LogP contribution in [0.1, 0.15) is 58.8 Å². The van der Waals surface area contributed by atoms with Crippen molar-refractivity contribution in [2.75, 3.05) is 0 Å². The molecule has 2 aliphatic rings. The molecule has 0 aliphatic heterocycles. The normalized spacial score (nSPS) is 44.2. The highest BCUT2D eigenvalue weighted by atomic mass is 14.7. The molecule has 0 aromatic rings. The molecule has 0 amide bonds. The van der Waals surface area contributed by atoms with Gasteiger partial charge >= 0.3 is 0 Å². The molecular formula is C14H27N. The Bertz CT molecular complexity index is 194. The first-order valence-corrected chi connectivity index (χ1v) is 6.92. The molecule has 15 heavy (non-hydrogen) atoms. The average molecular weight is 209 g/mol. The van der Waals surface area contributed by atoms with Crippen molar-refractivity contribution in [1.82, 2.24) is 0 Å². The van der Waals surface area contributed by atoms with Crippen LogP contribution in [0, 0.1) is 23.7 Å². The van der Waals surface area contributed by atoms with Crippen LogP contribution in [0.5, 0.6) is 0 Å². The third-order valence-corrected chi connectivity index (χ3v) is 4.88. The summed E-state index contributed by atoms with van der Waals surface area (Å²) in [7, 11) is 0. The molecule has 1 heteroatoms. The van der Waals surface area contributed by atoms with E-state index in [9.17, 15) is 0 Å². The highest BCUT2D eigenvalue weighted by Crippen LogP contribution is 2.38. The Kier molecular flexibility index (Phi) is 3.71. The highest BCUT2D eigenvalue weighted by Gasteiger charge is 2.32. The van der Waals surface area contributed by atoms with Gasteiger partial charge in [-0.15, -0.1) is 0 Å². The number of nitrogens with two attached hydrogens (primary N) is 1. The van der Waals surface area contributed by atoms with Gasteiger partial charge in [0.25, 0.3) is 0 Å². The molecule has 2 fully saturated rings. The third-order valence-electron chi connectivity index (χ3n) is 4.88. The summed E-state index contributed by atoms with van der Waals surface area (Å²) < 4.78 is 0. The molecule has 2 rings (SSSR count). The lowest BCUT2D eigenvalue weighted by Crippen LogP contribution is -2.38. The molecule has 0 saturated heterocycles. The molecule has 88 valence electrons. The van der Waals surface area contributed by atoms with Crippen molar-refractivity contribution in [3.8, 4) is 0 Å². The van der Waals surface area contributed by atoms with Gasteiger partial charge in [-0.1, -0.05) is 33.1 Å². The van der Waals surface area contributed by atoms with Crippen molar-refractivity contribution in [1.29, 1.82) is 0 Å². The molecule has 0 radical (unpaired) electrons. The fourth-order valence-corrected chi connectivity index (χ4v) is 3.66. The van der Waals surface area contributed by atoms with E-state index in [1.54, 1.807) is 0 Å². The molecule has 0 heterocycles. The van der Waals surface area contributed by atoms with E-state index < -0.39 is 0 Å². The van der Waals surface area contributed by atoms with Gasteiger partial charge in [0.2, 0.25) is 0 Å². The fraction of sp³-hybridized carbons (Fsp3) is 1.00. The molecule has 2 saturated carbocycles. The van der Waals surface area contributed by atoms with Gasteiger partial charge in [0.1, 0.15) is 0 Å². The van der Waals surface area contributed by atoms with Crippen LogP contribution in [0.25, 0.3) is 0 Å². The first-order valence-electron chi connectivity index (χ1n) is 6.92. The first kappa shape index (κ1) is 11.4. The zero-order valence-electron chi connectivity index (χ0n) is 10.4. The Hall–Kier alpha value is -0.0400. The summed E-state index contributed by atoms with van der Waals surface area (Å²) in [6, 6.07) is 0.516. The molecule has 0 bridgehead atoms. The molecule has 1 nitrogen and oxygen atoms in total. The second-order valence-corrected chi connectivity index (χ2v) is 6.28. The van der Waals surface area contributed by atoms with Crippen LogP contribution in [-0.2, 0) is 0 Å². The molecule has 0 spiro atoms. The lowest BCUT2D eigenvalue weighted by atomic mass is 9.75. The molecule has 2 N–H and O–H groups in total. The van der Waals surface area contributed by atoms with Crippen LogP contribution >= 0.6 is 0 Å². The topological polar surface area (TPSA) is 26.0 Å². The SMILES string of the molecule is CC1CCC(C(N)C2CCC(C)C2)CC1. The fourth-order valence-electron chi connectivity index (χ4n) is 3.66. The molecule has 0 aromatic carbocycles. The minimum Gasteiger partial charge on any atom is -0.327 e. The smallest absolute Gasteiger partial charge is 0.00957 e. The van der Waals surface area contributed by atoms with Crippen molar-refractivity contribution in [3.63, 3.8) is 0 Å². The van der Waals surface area contributed by atoms with Crippen LogP contribution < -0.4 is 5.73 Å². The Morgan fingerprint density at radius 3 is 1.87 bits per heavy atom. The quantitative estimate of drug-likeness (QED) is 0.739. The van der Waals surface area contributed by atoms with Gasteiger partial charge in [-0.05, 0) is 49.4 Å². The van der Waals surface area contributed by atoms with E-state index in [-0.39, 0.29) is 0 Å². The van der Waals surface area contributed by atoms with E-state index in [1.807, 2.05) is 0 Å². The minimum atomic E-state index is 0.516. The van der Waals surface area contributed by atoms with E-state index in [0.717, 1.165) is 23.7 Å². The summed E-state index contributed by atoms with van der Waals surface area (Å²) in [6.45, 7) is 4.77. The van der Waals surface area contributed by atoms with E-state index in [1.165, 1.54) is 44.9 Å². The molecule has 3 unspecified atom stereocenters. The zero-order chi connectivity index (χ0) is 10.8. The molecule has 3 atom stereocenters. The summed E-state index contributed by atoms with van der Waals surface area (Å²) >= 11 is 0. The van der Waals surface area contributed by atoms with E-state index in [0.29, 0.717) is 6.04 Å². The summed E-state index contributed by atoms with van der Waals surface area (Å²) in [4.78, 5) is 0. The van der Waals surface area contributed by atoms with Gasteiger partial charge in [0.15, 0.2) is 0 Å². The second-order valence-electron chi connectivity index (χ2n) is 6.28. The predicted molar refractivity (Wildman–Crippen MR) is 65.6 cm³/mol. The summed E-state index contributed by atoms with van der Waals surface area (Å²) in [5, 5.41) is 0. The lowest BCUT2D eigenvalue weighted by molar-refractivity contribution is 0.212. The largest absolute Gasteiger partial charge is 0.327 e. The maximum Gasteiger partial charge on any atom is 0.00957 e. The van der Waals surface area contributed by atoms with Crippen molar-refractivity contribution in [2.24, 2.45) is 29.4 Å². The number of hydrogen-bond donors (Lipinski definition) is 1. The van der Waals surface area contributed by atoms with Crippen molar-refractivity contribution in [2.45, 2.75) is 64.8 Å². The van der Waals surface area contributed by atoms with Crippen molar-refractivity contribution >= 4 is 0 Å². The van der Waals surface area contributed by atoms with E-state index >= 15 is 0 Å². The predicted octanol–water partition coefficient (Wildman–Crippen LogP) is 3.58. The highest BCUT2D eigenvalue weighted by molar-refractivity contribution is 4.87. The van der Waals surface area contributed by atoms with Gasteiger partial charge in [0, 0.05) is 6.04 Å². The Morgan fingerprint density at radius 2 is 1.33 bits per heavy atom. The number of hydrogen-bond acceptors (Lipinski definition) is 1. The molecule has 0 aromatic heterocycles. The third kappa shape index (κ3) is 2.75. The average Bonchev–Trinajstić information content (AvgIpc) is 2.65.